The molecule has 2 nitrogen and oxygen atoms in total. The van der Waals surface area contributed by atoms with Crippen LogP contribution in [0.4, 0.5) is 5.69 Å². The van der Waals surface area contributed by atoms with E-state index in [0.717, 1.165) is 23.1 Å². The zero-order valence-corrected chi connectivity index (χ0v) is 11.2. The average molecular weight is 281 g/mol. The lowest BCUT2D eigenvalue weighted by Crippen LogP contribution is -2.19. The Bertz CT molecular complexity index is 357. The molecule has 3 heteroatoms. The van der Waals surface area contributed by atoms with Crippen molar-refractivity contribution in [3.63, 3.8) is 0 Å². The monoisotopic (exact) mass is 280 g/mol. The molecule has 1 aromatic carbocycles. The van der Waals surface area contributed by atoms with Gasteiger partial charge in [-0.05, 0) is 25.0 Å². The molecule has 0 unspecified atom stereocenters. The fourth-order valence-electron chi connectivity index (χ4n) is 1.64. The highest BCUT2D eigenvalue weighted by molar-refractivity contribution is 9.09. The Kier molecular flexibility index (Phi) is 5.95. The first kappa shape index (κ1) is 13.1. The third kappa shape index (κ3) is 3.86. The van der Waals surface area contributed by atoms with E-state index in [-0.39, 0.29) is 0 Å². The maximum absolute atomic E-state index is 8.99. The summed E-state index contributed by atoms with van der Waals surface area (Å²) in [4.78, 5) is 2.16. The number of rotatable bonds is 6. The van der Waals surface area contributed by atoms with E-state index in [9.17, 15) is 0 Å². The van der Waals surface area contributed by atoms with Crippen molar-refractivity contribution in [2.75, 3.05) is 23.8 Å². The van der Waals surface area contributed by atoms with E-state index in [2.05, 4.69) is 26.9 Å². The molecule has 0 fully saturated rings. The molecule has 0 aliphatic rings. The van der Waals surface area contributed by atoms with Crippen LogP contribution in [0.25, 0.3) is 0 Å². The number of anilines is 1. The van der Waals surface area contributed by atoms with Gasteiger partial charge in [0.25, 0.3) is 0 Å². The van der Waals surface area contributed by atoms with Crippen LogP contribution in [0, 0.1) is 11.3 Å². The van der Waals surface area contributed by atoms with Gasteiger partial charge in [0.05, 0.1) is 11.3 Å². The molecule has 16 heavy (non-hydrogen) atoms. The van der Waals surface area contributed by atoms with E-state index >= 15 is 0 Å². The number of hydrogen-bond donors (Lipinski definition) is 0. The molecular weight excluding hydrogens is 264 g/mol. The lowest BCUT2D eigenvalue weighted by Gasteiger charge is -2.20. The standard InChI is InChI=1S/C13H17BrN2/c1-16(10-6-2-5-9-14)13-8-4-3-7-12(13)11-15/h3-4,7-8H,2,5-6,9-10H2,1H3. The fourth-order valence-corrected chi connectivity index (χ4v) is 2.04. The van der Waals surface area contributed by atoms with Crippen LogP contribution in [0.2, 0.25) is 0 Å². The Labute approximate surface area is 106 Å². The first-order chi connectivity index (χ1) is 7.79. The minimum atomic E-state index is 0.755. The molecule has 86 valence electrons. The Morgan fingerprint density at radius 3 is 2.69 bits per heavy atom. The van der Waals surface area contributed by atoms with E-state index in [1.54, 1.807) is 0 Å². The first-order valence-electron chi connectivity index (χ1n) is 5.56. The summed E-state index contributed by atoms with van der Waals surface area (Å²) in [5.74, 6) is 0. The van der Waals surface area contributed by atoms with E-state index in [1.165, 1.54) is 19.3 Å². The molecule has 1 aromatic rings. The summed E-state index contributed by atoms with van der Waals surface area (Å²) in [6, 6.07) is 9.98. The molecule has 0 aliphatic heterocycles. The van der Waals surface area contributed by atoms with Crippen molar-refractivity contribution in [1.29, 1.82) is 5.26 Å². The highest BCUT2D eigenvalue weighted by atomic mass is 79.9. The summed E-state index contributed by atoms with van der Waals surface area (Å²) in [6.45, 7) is 1.01. The van der Waals surface area contributed by atoms with Crippen LogP contribution >= 0.6 is 15.9 Å². The van der Waals surface area contributed by atoms with Gasteiger partial charge in [0.2, 0.25) is 0 Å². The highest BCUT2D eigenvalue weighted by Gasteiger charge is 2.05. The molecule has 0 saturated heterocycles. The minimum Gasteiger partial charge on any atom is -0.374 e. The Morgan fingerprint density at radius 1 is 1.25 bits per heavy atom. The smallest absolute Gasteiger partial charge is 0.101 e. The second-order valence-corrected chi connectivity index (χ2v) is 4.59. The van der Waals surface area contributed by atoms with Crippen molar-refractivity contribution in [1.82, 2.24) is 0 Å². The number of nitrogens with zero attached hydrogens (tertiary/aromatic N) is 2. The summed E-state index contributed by atoms with van der Waals surface area (Å²) in [5, 5.41) is 10.1. The molecule has 0 spiro atoms. The third-order valence-electron chi connectivity index (χ3n) is 2.56. The number of benzene rings is 1. The summed E-state index contributed by atoms with van der Waals surface area (Å²) in [7, 11) is 2.05. The number of alkyl halides is 1. The van der Waals surface area contributed by atoms with Crippen LogP contribution in [0.5, 0.6) is 0 Å². The van der Waals surface area contributed by atoms with Crippen LogP contribution in [-0.4, -0.2) is 18.9 Å². The van der Waals surface area contributed by atoms with E-state index in [4.69, 9.17) is 5.26 Å². The van der Waals surface area contributed by atoms with Crippen LogP contribution in [0.15, 0.2) is 24.3 Å². The molecule has 0 atom stereocenters. The SMILES string of the molecule is CN(CCCCCBr)c1ccccc1C#N. The third-order valence-corrected chi connectivity index (χ3v) is 3.12. The average Bonchev–Trinajstić information content (AvgIpc) is 2.34. The molecule has 0 saturated carbocycles. The minimum absolute atomic E-state index is 0.755. The molecule has 0 radical (unpaired) electrons. The second kappa shape index (κ2) is 7.29. The molecule has 0 aromatic heterocycles. The zero-order chi connectivity index (χ0) is 11.8. The lowest BCUT2D eigenvalue weighted by molar-refractivity contribution is 0.711. The number of unbranched alkanes of at least 4 members (excludes halogenated alkanes) is 2. The predicted molar refractivity (Wildman–Crippen MR) is 72.1 cm³/mol. The molecule has 0 amide bonds. The zero-order valence-electron chi connectivity index (χ0n) is 9.62. The summed E-state index contributed by atoms with van der Waals surface area (Å²) < 4.78 is 0. The first-order valence-corrected chi connectivity index (χ1v) is 6.68. The van der Waals surface area contributed by atoms with Gasteiger partial charge in [-0.3, -0.25) is 0 Å². The van der Waals surface area contributed by atoms with Gasteiger partial charge in [0, 0.05) is 18.9 Å². The van der Waals surface area contributed by atoms with Crippen LogP contribution in [-0.2, 0) is 0 Å². The molecule has 0 aliphatic carbocycles. The van der Waals surface area contributed by atoms with Crippen molar-refractivity contribution in [3.8, 4) is 6.07 Å². The van der Waals surface area contributed by atoms with Gasteiger partial charge < -0.3 is 4.90 Å². The lowest BCUT2D eigenvalue weighted by atomic mass is 10.1. The Balaban J connectivity index is 2.52. The van der Waals surface area contributed by atoms with E-state index in [0.29, 0.717) is 0 Å². The van der Waals surface area contributed by atoms with E-state index in [1.807, 2.05) is 31.3 Å². The van der Waals surface area contributed by atoms with Gasteiger partial charge >= 0.3 is 0 Å². The summed E-state index contributed by atoms with van der Waals surface area (Å²) in [5.41, 5.74) is 1.79. The van der Waals surface area contributed by atoms with Gasteiger partial charge in [-0.2, -0.15) is 5.26 Å². The van der Waals surface area contributed by atoms with Gasteiger partial charge in [-0.1, -0.05) is 34.5 Å². The fraction of sp³-hybridized carbons (Fsp3) is 0.462. The van der Waals surface area contributed by atoms with Crippen molar-refractivity contribution >= 4 is 21.6 Å². The second-order valence-electron chi connectivity index (χ2n) is 3.80. The molecule has 0 heterocycles. The van der Waals surface area contributed by atoms with Gasteiger partial charge in [0.1, 0.15) is 6.07 Å². The van der Waals surface area contributed by atoms with Crippen molar-refractivity contribution in [2.45, 2.75) is 19.3 Å². The maximum atomic E-state index is 8.99. The summed E-state index contributed by atoms with van der Waals surface area (Å²) >= 11 is 3.43. The van der Waals surface area contributed by atoms with Crippen molar-refractivity contribution in [3.05, 3.63) is 29.8 Å². The molecule has 0 N–H and O–H groups in total. The molecule has 1 rings (SSSR count). The van der Waals surface area contributed by atoms with E-state index < -0.39 is 0 Å². The van der Waals surface area contributed by atoms with Crippen molar-refractivity contribution in [2.24, 2.45) is 0 Å². The highest BCUT2D eigenvalue weighted by Crippen LogP contribution is 2.18. The summed E-state index contributed by atoms with van der Waals surface area (Å²) in [6.07, 6.45) is 3.61. The van der Waals surface area contributed by atoms with Crippen molar-refractivity contribution < 1.29 is 0 Å². The number of para-hydroxylation sites is 1. The van der Waals surface area contributed by atoms with Crippen LogP contribution in [0.3, 0.4) is 0 Å². The van der Waals surface area contributed by atoms with Gasteiger partial charge in [-0.25, -0.2) is 0 Å². The number of halogens is 1. The maximum Gasteiger partial charge on any atom is 0.101 e. The quantitative estimate of drug-likeness (QED) is 0.589. The normalized spacial score (nSPS) is 9.81. The van der Waals surface area contributed by atoms with Gasteiger partial charge in [0.15, 0.2) is 0 Å². The van der Waals surface area contributed by atoms with Gasteiger partial charge in [-0.15, -0.1) is 0 Å². The van der Waals surface area contributed by atoms with Crippen LogP contribution in [0.1, 0.15) is 24.8 Å². The predicted octanol–water partition coefficient (Wildman–Crippen LogP) is 3.56. The number of nitriles is 1. The molecular formula is C13H17BrN2. The molecule has 0 bridgehead atoms. The Morgan fingerprint density at radius 2 is 2.00 bits per heavy atom. The topological polar surface area (TPSA) is 27.0 Å². The number of hydrogen-bond acceptors (Lipinski definition) is 2. The Hall–Kier alpha value is -1.01. The largest absolute Gasteiger partial charge is 0.374 e. The van der Waals surface area contributed by atoms with Crippen LogP contribution < -0.4 is 4.90 Å².